The SMILES string of the molecule is CC(N)(C(=O)O)C(=O)CCC=O. The van der Waals surface area contributed by atoms with E-state index in [0.29, 0.717) is 6.29 Å². The average molecular weight is 173 g/mol. The molecule has 12 heavy (non-hydrogen) atoms. The number of carbonyl (C=O) groups excluding carboxylic acids is 2. The second kappa shape index (κ2) is 3.96. The van der Waals surface area contributed by atoms with Crippen molar-refractivity contribution in [1.82, 2.24) is 0 Å². The van der Waals surface area contributed by atoms with Crippen molar-refractivity contribution in [1.29, 1.82) is 0 Å². The summed E-state index contributed by atoms with van der Waals surface area (Å²) >= 11 is 0. The minimum absolute atomic E-state index is 0.0128. The highest BCUT2D eigenvalue weighted by molar-refractivity contribution is 6.07. The molecule has 5 heteroatoms. The standard InChI is InChI=1S/C7H11NO4/c1-7(8,6(11)12)5(10)3-2-4-9/h4H,2-3,8H2,1H3,(H,11,12). The van der Waals surface area contributed by atoms with Crippen molar-refractivity contribution in [2.24, 2.45) is 5.73 Å². The number of aldehydes is 1. The molecule has 0 aromatic carbocycles. The van der Waals surface area contributed by atoms with E-state index >= 15 is 0 Å². The molecule has 0 aliphatic rings. The zero-order valence-corrected chi connectivity index (χ0v) is 6.74. The van der Waals surface area contributed by atoms with Crippen molar-refractivity contribution in [2.75, 3.05) is 0 Å². The predicted octanol–water partition coefficient (Wildman–Crippen LogP) is -0.663. The molecule has 0 bridgehead atoms. The Morgan fingerprint density at radius 2 is 2.08 bits per heavy atom. The average Bonchev–Trinajstić information content (AvgIpc) is 1.99. The van der Waals surface area contributed by atoms with E-state index in [1.165, 1.54) is 0 Å². The first kappa shape index (κ1) is 10.8. The number of carboxylic acids is 1. The van der Waals surface area contributed by atoms with Gasteiger partial charge in [0.05, 0.1) is 0 Å². The normalized spacial score (nSPS) is 14.8. The van der Waals surface area contributed by atoms with Crippen LogP contribution in [0.5, 0.6) is 0 Å². The van der Waals surface area contributed by atoms with Gasteiger partial charge >= 0.3 is 5.97 Å². The van der Waals surface area contributed by atoms with E-state index in [-0.39, 0.29) is 12.8 Å². The maximum absolute atomic E-state index is 11.0. The van der Waals surface area contributed by atoms with Crippen LogP contribution in [0, 0.1) is 0 Å². The van der Waals surface area contributed by atoms with E-state index in [2.05, 4.69) is 0 Å². The fourth-order valence-electron chi connectivity index (χ4n) is 0.569. The van der Waals surface area contributed by atoms with Gasteiger partial charge in [0.15, 0.2) is 11.3 Å². The molecule has 0 aromatic heterocycles. The highest BCUT2D eigenvalue weighted by atomic mass is 16.4. The third-order valence-electron chi connectivity index (χ3n) is 1.51. The van der Waals surface area contributed by atoms with Crippen LogP contribution in [-0.4, -0.2) is 28.7 Å². The summed E-state index contributed by atoms with van der Waals surface area (Å²) in [5, 5.41) is 8.48. The lowest BCUT2D eigenvalue weighted by atomic mass is 9.95. The molecule has 1 atom stereocenters. The fourth-order valence-corrected chi connectivity index (χ4v) is 0.569. The number of carboxylic acid groups (broad SMARTS) is 1. The zero-order valence-electron chi connectivity index (χ0n) is 6.74. The molecular formula is C7H11NO4. The summed E-state index contributed by atoms with van der Waals surface area (Å²) in [6, 6.07) is 0. The monoisotopic (exact) mass is 173 g/mol. The summed E-state index contributed by atoms with van der Waals surface area (Å²) in [5.41, 5.74) is 3.31. The molecule has 0 saturated heterocycles. The molecule has 0 heterocycles. The van der Waals surface area contributed by atoms with Crippen LogP contribution in [0.15, 0.2) is 0 Å². The van der Waals surface area contributed by atoms with Gasteiger partial charge in [-0.25, -0.2) is 4.79 Å². The van der Waals surface area contributed by atoms with Gasteiger partial charge in [0.1, 0.15) is 6.29 Å². The Morgan fingerprint density at radius 1 is 1.58 bits per heavy atom. The molecule has 68 valence electrons. The topological polar surface area (TPSA) is 97.5 Å². The lowest BCUT2D eigenvalue weighted by molar-refractivity contribution is -0.147. The Kier molecular flexibility index (Phi) is 3.56. The van der Waals surface area contributed by atoms with Gasteiger partial charge in [-0.15, -0.1) is 0 Å². The molecule has 0 radical (unpaired) electrons. The minimum atomic E-state index is -1.87. The Hall–Kier alpha value is -1.23. The number of hydrogen-bond acceptors (Lipinski definition) is 4. The predicted molar refractivity (Wildman–Crippen MR) is 40.5 cm³/mol. The van der Waals surface area contributed by atoms with E-state index in [0.717, 1.165) is 6.92 Å². The van der Waals surface area contributed by atoms with Gasteiger partial charge < -0.3 is 15.6 Å². The third-order valence-corrected chi connectivity index (χ3v) is 1.51. The molecule has 3 N–H and O–H groups in total. The Bertz CT molecular complexity index is 209. The van der Waals surface area contributed by atoms with Crippen LogP contribution in [0.25, 0.3) is 0 Å². The first-order chi connectivity index (χ1) is 5.42. The largest absolute Gasteiger partial charge is 0.480 e. The van der Waals surface area contributed by atoms with E-state index < -0.39 is 17.3 Å². The smallest absolute Gasteiger partial charge is 0.331 e. The molecule has 0 fully saturated rings. The Morgan fingerprint density at radius 3 is 2.42 bits per heavy atom. The molecule has 0 saturated carbocycles. The Labute approximate surface area is 69.5 Å². The number of carbonyl (C=O) groups is 3. The van der Waals surface area contributed by atoms with E-state index in [1.807, 2.05) is 0 Å². The van der Waals surface area contributed by atoms with E-state index in [4.69, 9.17) is 10.8 Å². The summed E-state index contributed by atoms with van der Waals surface area (Å²) in [4.78, 5) is 31.3. The molecule has 0 aromatic rings. The molecule has 0 aliphatic carbocycles. The Balaban J connectivity index is 4.25. The van der Waals surface area contributed by atoms with Crippen LogP contribution in [0.2, 0.25) is 0 Å². The van der Waals surface area contributed by atoms with Crippen molar-refractivity contribution in [3.8, 4) is 0 Å². The van der Waals surface area contributed by atoms with Crippen LogP contribution in [-0.2, 0) is 14.4 Å². The zero-order chi connectivity index (χ0) is 9.78. The van der Waals surface area contributed by atoms with Gasteiger partial charge in [0.25, 0.3) is 0 Å². The van der Waals surface area contributed by atoms with Gasteiger partial charge in [-0.1, -0.05) is 0 Å². The highest BCUT2D eigenvalue weighted by Crippen LogP contribution is 2.05. The van der Waals surface area contributed by atoms with Gasteiger partial charge in [-0.2, -0.15) is 0 Å². The number of rotatable bonds is 5. The second-order valence-corrected chi connectivity index (χ2v) is 2.64. The number of aliphatic carboxylic acids is 1. The summed E-state index contributed by atoms with van der Waals surface area (Å²) in [7, 11) is 0. The third kappa shape index (κ3) is 2.43. The number of hydrogen-bond donors (Lipinski definition) is 2. The first-order valence-corrected chi connectivity index (χ1v) is 3.42. The van der Waals surface area contributed by atoms with E-state index in [9.17, 15) is 14.4 Å². The molecule has 0 aliphatic heterocycles. The van der Waals surface area contributed by atoms with Crippen LogP contribution >= 0.6 is 0 Å². The van der Waals surface area contributed by atoms with Crippen molar-refractivity contribution in [2.45, 2.75) is 25.3 Å². The van der Waals surface area contributed by atoms with Crippen LogP contribution in [0.4, 0.5) is 0 Å². The van der Waals surface area contributed by atoms with Crippen molar-refractivity contribution in [3.63, 3.8) is 0 Å². The fraction of sp³-hybridized carbons (Fsp3) is 0.571. The minimum Gasteiger partial charge on any atom is -0.480 e. The van der Waals surface area contributed by atoms with Crippen LogP contribution < -0.4 is 5.73 Å². The number of nitrogens with two attached hydrogens (primary N) is 1. The van der Waals surface area contributed by atoms with E-state index in [1.54, 1.807) is 0 Å². The summed E-state index contributed by atoms with van der Waals surface area (Å²) < 4.78 is 0. The maximum Gasteiger partial charge on any atom is 0.331 e. The van der Waals surface area contributed by atoms with Gasteiger partial charge in [-0.05, 0) is 6.92 Å². The molecular weight excluding hydrogens is 162 g/mol. The molecule has 1 unspecified atom stereocenters. The van der Waals surface area contributed by atoms with Crippen LogP contribution in [0.3, 0.4) is 0 Å². The maximum atomic E-state index is 11.0. The summed E-state index contributed by atoms with van der Waals surface area (Å²) in [6.07, 6.45) is 0.442. The van der Waals surface area contributed by atoms with Crippen molar-refractivity contribution < 1.29 is 19.5 Å². The van der Waals surface area contributed by atoms with Gasteiger partial charge in [0.2, 0.25) is 0 Å². The highest BCUT2D eigenvalue weighted by Gasteiger charge is 2.35. The molecule has 0 spiro atoms. The molecule has 0 amide bonds. The quantitative estimate of drug-likeness (QED) is 0.424. The lowest BCUT2D eigenvalue weighted by Crippen LogP contribution is -2.52. The molecule has 0 rings (SSSR count). The first-order valence-electron chi connectivity index (χ1n) is 3.42. The second-order valence-electron chi connectivity index (χ2n) is 2.64. The van der Waals surface area contributed by atoms with Gasteiger partial charge in [0, 0.05) is 12.8 Å². The number of ketones is 1. The van der Waals surface area contributed by atoms with Crippen molar-refractivity contribution in [3.05, 3.63) is 0 Å². The summed E-state index contributed by atoms with van der Waals surface area (Å²) in [6.45, 7) is 1.11. The molecule has 5 nitrogen and oxygen atoms in total. The van der Waals surface area contributed by atoms with Gasteiger partial charge in [-0.3, -0.25) is 4.79 Å². The summed E-state index contributed by atoms with van der Waals surface area (Å²) in [5.74, 6) is -2.01. The van der Waals surface area contributed by atoms with Crippen molar-refractivity contribution >= 4 is 18.0 Å². The van der Waals surface area contributed by atoms with Crippen LogP contribution in [0.1, 0.15) is 19.8 Å². The lowest BCUT2D eigenvalue weighted by Gasteiger charge is -2.16. The number of Topliss-reactive ketones (excluding diaryl/α,β-unsaturated/α-hetero) is 1.